The number of nitrogens with zero attached hydrogens (tertiary/aromatic N) is 4. The molecule has 0 spiro atoms. The third-order valence-electron chi connectivity index (χ3n) is 4.49. The predicted octanol–water partition coefficient (Wildman–Crippen LogP) is 1.46. The molecule has 7 nitrogen and oxygen atoms in total. The van der Waals surface area contributed by atoms with Gasteiger partial charge in [0.05, 0.1) is 6.54 Å². The molecule has 1 aromatic heterocycles. The third kappa shape index (κ3) is 4.37. The van der Waals surface area contributed by atoms with E-state index in [0.717, 1.165) is 31.0 Å². The molecule has 1 aliphatic carbocycles. The molecule has 1 aromatic carbocycles. The lowest BCUT2D eigenvalue weighted by Gasteiger charge is -2.35. The van der Waals surface area contributed by atoms with E-state index in [-0.39, 0.29) is 24.4 Å². The van der Waals surface area contributed by atoms with Gasteiger partial charge in [0.15, 0.2) is 6.61 Å². The summed E-state index contributed by atoms with van der Waals surface area (Å²) in [4.78, 5) is 14.0. The van der Waals surface area contributed by atoms with Crippen molar-refractivity contribution in [3.05, 3.63) is 41.7 Å². The van der Waals surface area contributed by atoms with Gasteiger partial charge in [-0.1, -0.05) is 6.07 Å². The van der Waals surface area contributed by atoms with Crippen LogP contribution in [-0.2, 0) is 18.4 Å². The monoisotopic (exact) mass is 361 g/mol. The Hall–Kier alpha value is -2.48. The molecule has 0 unspecified atom stereocenters. The lowest BCUT2D eigenvalue weighted by molar-refractivity contribution is -0.124. The predicted molar refractivity (Wildman–Crippen MR) is 94.2 cm³/mol. The van der Waals surface area contributed by atoms with Crippen LogP contribution in [0.25, 0.3) is 0 Å². The summed E-state index contributed by atoms with van der Waals surface area (Å²) in [5, 5.41) is 11.5. The lowest BCUT2D eigenvalue weighted by atomic mass is 9.79. The second kappa shape index (κ2) is 7.82. The highest BCUT2D eigenvalue weighted by Crippen LogP contribution is 2.35. The van der Waals surface area contributed by atoms with Crippen LogP contribution in [0, 0.1) is 5.82 Å². The Bertz CT molecular complexity index is 771. The van der Waals surface area contributed by atoms with Crippen molar-refractivity contribution in [2.24, 2.45) is 7.05 Å². The van der Waals surface area contributed by atoms with E-state index >= 15 is 0 Å². The van der Waals surface area contributed by atoms with Crippen molar-refractivity contribution in [3.8, 4) is 5.75 Å². The van der Waals surface area contributed by atoms with Crippen LogP contribution in [0.3, 0.4) is 0 Å². The molecule has 0 radical (unpaired) electrons. The zero-order valence-corrected chi connectivity index (χ0v) is 15.3. The first-order valence-electron chi connectivity index (χ1n) is 8.63. The fraction of sp³-hybridized carbons (Fsp3) is 0.500. The van der Waals surface area contributed by atoms with Gasteiger partial charge in [0.25, 0.3) is 5.91 Å². The average Bonchev–Trinajstić information content (AvgIpc) is 2.89. The highest BCUT2D eigenvalue weighted by atomic mass is 19.1. The summed E-state index contributed by atoms with van der Waals surface area (Å²) < 4.78 is 20.4. The van der Waals surface area contributed by atoms with Crippen LogP contribution in [0.4, 0.5) is 4.39 Å². The number of amides is 1. The van der Waals surface area contributed by atoms with Crippen molar-refractivity contribution < 1.29 is 13.9 Å². The third-order valence-corrected chi connectivity index (χ3v) is 4.49. The van der Waals surface area contributed by atoms with Crippen LogP contribution < -0.4 is 10.1 Å². The number of nitrogens with one attached hydrogen (secondary N) is 1. The quantitative estimate of drug-likeness (QED) is 0.808. The summed E-state index contributed by atoms with van der Waals surface area (Å²) in [5.74, 6) is 1.95. The number of rotatable bonds is 7. The van der Waals surface area contributed by atoms with Gasteiger partial charge in [-0.05, 0) is 39.1 Å². The number of hydrogen-bond donors (Lipinski definition) is 1. The maximum atomic E-state index is 13.1. The van der Waals surface area contributed by atoms with Gasteiger partial charge in [0, 0.05) is 25.1 Å². The van der Waals surface area contributed by atoms with E-state index < -0.39 is 0 Å². The molecule has 1 saturated carbocycles. The van der Waals surface area contributed by atoms with Gasteiger partial charge >= 0.3 is 0 Å². The Morgan fingerprint density at radius 1 is 1.38 bits per heavy atom. The molecule has 3 rings (SSSR count). The van der Waals surface area contributed by atoms with Crippen LogP contribution in [-0.4, -0.2) is 52.3 Å². The molecule has 1 N–H and O–H groups in total. The fourth-order valence-corrected chi connectivity index (χ4v) is 3.07. The van der Waals surface area contributed by atoms with Crippen molar-refractivity contribution in [1.82, 2.24) is 25.0 Å². The summed E-state index contributed by atoms with van der Waals surface area (Å²) in [5.41, 5.74) is 0. The van der Waals surface area contributed by atoms with E-state index in [1.165, 1.54) is 12.1 Å². The maximum absolute atomic E-state index is 13.1. The van der Waals surface area contributed by atoms with Gasteiger partial charge in [-0.3, -0.25) is 4.79 Å². The SMILES string of the molecule is CN(C)Cc1nnc(C2CC(NC(=O)COc3cccc(F)c3)C2)n1C. The normalized spacial score (nSPS) is 19.3. The van der Waals surface area contributed by atoms with E-state index in [2.05, 4.69) is 20.4 Å². The summed E-state index contributed by atoms with van der Waals surface area (Å²) in [7, 11) is 5.97. The van der Waals surface area contributed by atoms with Gasteiger partial charge in [-0.15, -0.1) is 10.2 Å². The molecular formula is C18H24FN5O2. The van der Waals surface area contributed by atoms with Crippen molar-refractivity contribution in [2.75, 3.05) is 20.7 Å². The second-order valence-electron chi connectivity index (χ2n) is 6.95. The van der Waals surface area contributed by atoms with Crippen molar-refractivity contribution >= 4 is 5.91 Å². The van der Waals surface area contributed by atoms with E-state index in [1.807, 2.05) is 25.7 Å². The Morgan fingerprint density at radius 3 is 2.85 bits per heavy atom. The summed E-state index contributed by atoms with van der Waals surface area (Å²) in [6, 6.07) is 5.86. The molecule has 140 valence electrons. The standard InChI is InChI=1S/C18H24FN5O2/c1-23(2)10-16-21-22-18(24(16)3)12-7-14(8-12)20-17(25)11-26-15-6-4-5-13(19)9-15/h4-6,9,12,14H,7-8,10-11H2,1-3H3,(H,20,25). The zero-order valence-electron chi connectivity index (χ0n) is 15.3. The maximum Gasteiger partial charge on any atom is 0.258 e. The van der Waals surface area contributed by atoms with Crippen molar-refractivity contribution in [1.29, 1.82) is 0 Å². The Labute approximate surface area is 152 Å². The number of carbonyl (C=O) groups is 1. The number of ether oxygens (including phenoxy) is 1. The molecule has 0 atom stereocenters. The minimum atomic E-state index is -0.387. The van der Waals surface area contributed by atoms with Crippen molar-refractivity contribution in [3.63, 3.8) is 0 Å². The number of halogens is 1. The zero-order chi connectivity index (χ0) is 18.7. The summed E-state index contributed by atoms with van der Waals surface area (Å²) in [6.45, 7) is 0.620. The second-order valence-corrected chi connectivity index (χ2v) is 6.95. The highest BCUT2D eigenvalue weighted by molar-refractivity contribution is 5.78. The van der Waals surface area contributed by atoms with Crippen LogP contribution in [0.5, 0.6) is 5.75 Å². The minimum absolute atomic E-state index is 0.109. The minimum Gasteiger partial charge on any atom is -0.484 e. The molecule has 1 aliphatic rings. The Balaban J connectivity index is 1.44. The van der Waals surface area contributed by atoms with Crippen LogP contribution in [0.1, 0.15) is 30.4 Å². The molecule has 1 heterocycles. The highest BCUT2D eigenvalue weighted by Gasteiger charge is 2.34. The molecule has 0 saturated heterocycles. The number of benzene rings is 1. The fourth-order valence-electron chi connectivity index (χ4n) is 3.07. The average molecular weight is 361 g/mol. The van der Waals surface area contributed by atoms with Gasteiger partial charge in [-0.25, -0.2) is 4.39 Å². The number of aromatic nitrogens is 3. The van der Waals surface area contributed by atoms with Crippen molar-refractivity contribution in [2.45, 2.75) is 31.3 Å². The number of hydrogen-bond acceptors (Lipinski definition) is 5. The van der Waals surface area contributed by atoms with Gasteiger partial charge < -0.3 is 19.5 Å². The first-order chi connectivity index (χ1) is 12.4. The largest absolute Gasteiger partial charge is 0.484 e. The first kappa shape index (κ1) is 18.3. The smallest absolute Gasteiger partial charge is 0.258 e. The lowest BCUT2D eigenvalue weighted by Crippen LogP contribution is -2.45. The van der Waals surface area contributed by atoms with Crippen LogP contribution in [0.2, 0.25) is 0 Å². The number of carbonyl (C=O) groups excluding carboxylic acids is 1. The molecule has 1 amide bonds. The Morgan fingerprint density at radius 2 is 2.15 bits per heavy atom. The van der Waals surface area contributed by atoms with Gasteiger partial charge in [0.1, 0.15) is 23.2 Å². The van der Waals surface area contributed by atoms with Gasteiger partial charge in [-0.2, -0.15) is 0 Å². The molecule has 0 bridgehead atoms. The molecule has 26 heavy (non-hydrogen) atoms. The molecule has 8 heteroatoms. The molecule has 1 fully saturated rings. The first-order valence-corrected chi connectivity index (χ1v) is 8.63. The van der Waals surface area contributed by atoms with Crippen LogP contribution >= 0.6 is 0 Å². The summed E-state index contributed by atoms with van der Waals surface area (Å²) in [6.07, 6.45) is 1.67. The van der Waals surface area contributed by atoms with E-state index in [9.17, 15) is 9.18 Å². The summed E-state index contributed by atoms with van der Waals surface area (Å²) >= 11 is 0. The van der Waals surface area contributed by atoms with E-state index in [0.29, 0.717) is 11.7 Å². The molecule has 2 aromatic rings. The topological polar surface area (TPSA) is 72.3 Å². The molecular weight excluding hydrogens is 337 g/mol. The Kier molecular flexibility index (Phi) is 5.51. The van der Waals surface area contributed by atoms with E-state index in [1.54, 1.807) is 12.1 Å². The molecule has 0 aliphatic heterocycles. The van der Waals surface area contributed by atoms with Gasteiger partial charge in [0.2, 0.25) is 0 Å². The van der Waals surface area contributed by atoms with Crippen LogP contribution in [0.15, 0.2) is 24.3 Å². The van der Waals surface area contributed by atoms with E-state index in [4.69, 9.17) is 4.74 Å².